The van der Waals surface area contributed by atoms with Gasteiger partial charge in [0.2, 0.25) is 0 Å². The Bertz CT molecular complexity index is 727. The molecule has 0 radical (unpaired) electrons. The Kier molecular flexibility index (Phi) is 5.50. The summed E-state index contributed by atoms with van der Waals surface area (Å²) >= 11 is 0. The second-order valence-corrected chi connectivity index (χ2v) is 7.31. The summed E-state index contributed by atoms with van der Waals surface area (Å²) < 4.78 is 16.8. The van der Waals surface area contributed by atoms with Gasteiger partial charge in [0.05, 0.1) is 24.0 Å². The topological polar surface area (TPSA) is 77.7 Å². The maximum absolute atomic E-state index is 12.5. The van der Waals surface area contributed by atoms with Crippen molar-refractivity contribution >= 4 is 5.91 Å². The fourth-order valence-corrected chi connectivity index (χ4v) is 4.23. The molecule has 2 aliphatic heterocycles. The van der Waals surface area contributed by atoms with Gasteiger partial charge in [0.25, 0.3) is 5.91 Å². The van der Waals surface area contributed by atoms with Gasteiger partial charge in [-0.15, -0.1) is 0 Å². The summed E-state index contributed by atoms with van der Waals surface area (Å²) in [7, 11) is 0. The van der Waals surface area contributed by atoms with Crippen molar-refractivity contribution < 1.29 is 18.8 Å². The summed E-state index contributed by atoms with van der Waals surface area (Å²) in [6, 6.07) is 3.95. The standard InChI is InChI=1S/C20H25N3O4/c24-19(17-13-22-27-15-17)23-8-5-20(6-9-23)18(4-11-26-20)3-10-25-14-16-2-1-7-21-12-16/h1-2,7,12-13,15,18H,3-6,8-11,14H2/t18-/m0/s1. The Balaban J connectivity index is 1.26. The third kappa shape index (κ3) is 4.04. The van der Waals surface area contributed by atoms with Crippen LogP contribution in [0.15, 0.2) is 41.5 Å². The molecule has 1 spiro atoms. The first-order chi connectivity index (χ1) is 13.3. The summed E-state index contributed by atoms with van der Waals surface area (Å²) in [6.45, 7) is 3.52. The van der Waals surface area contributed by atoms with E-state index in [1.165, 1.54) is 12.5 Å². The molecule has 27 heavy (non-hydrogen) atoms. The maximum atomic E-state index is 12.5. The monoisotopic (exact) mass is 371 g/mol. The highest BCUT2D eigenvalue weighted by Crippen LogP contribution is 2.42. The zero-order chi connectivity index (χ0) is 18.5. The van der Waals surface area contributed by atoms with E-state index in [1.54, 1.807) is 6.20 Å². The van der Waals surface area contributed by atoms with E-state index in [0.717, 1.165) is 37.9 Å². The van der Waals surface area contributed by atoms with Gasteiger partial charge < -0.3 is 18.9 Å². The molecule has 0 aliphatic carbocycles. The van der Waals surface area contributed by atoms with Crippen LogP contribution >= 0.6 is 0 Å². The third-order valence-corrected chi connectivity index (χ3v) is 5.78. The lowest BCUT2D eigenvalue weighted by Gasteiger charge is -2.42. The SMILES string of the molecule is O=C(c1cnoc1)N1CCC2(CC1)OCC[C@@H]2CCOCc1cccnc1. The summed E-state index contributed by atoms with van der Waals surface area (Å²) in [4.78, 5) is 18.4. The van der Waals surface area contributed by atoms with Crippen LogP contribution in [-0.4, -0.2) is 52.9 Å². The number of ether oxygens (including phenoxy) is 2. The van der Waals surface area contributed by atoms with Crippen LogP contribution in [0.25, 0.3) is 0 Å². The predicted octanol–water partition coefficient (Wildman–Crippen LogP) is 2.69. The third-order valence-electron chi connectivity index (χ3n) is 5.78. The number of carbonyl (C=O) groups excluding carboxylic acids is 1. The van der Waals surface area contributed by atoms with E-state index in [9.17, 15) is 4.79 Å². The van der Waals surface area contributed by atoms with Gasteiger partial charge in [0.1, 0.15) is 6.26 Å². The molecule has 4 heterocycles. The number of hydrogen-bond donors (Lipinski definition) is 0. The van der Waals surface area contributed by atoms with Gasteiger partial charge in [0, 0.05) is 38.7 Å². The Hall–Kier alpha value is -2.25. The molecule has 4 rings (SSSR count). The van der Waals surface area contributed by atoms with E-state index in [0.29, 0.717) is 37.8 Å². The molecule has 0 saturated carbocycles. The van der Waals surface area contributed by atoms with Gasteiger partial charge in [-0.1, -0.05) is 11.2 Å². The van der Waals surface area contributed by atoms with Gasteiger partial charge in [-0.3, -0.25) is 9.78 Å². The zero-order valence-corrected chi connectivity index (χ0v) is 15.4. The quantitative estimate of drug-likeness (QED) is 0.727. The summed E-state index contributed by atoms with van der Waals surface area (Å²) in [6.07, 6.45) is 10.3. The fourth-order valence-electron chi connectivity index (χ4n) is 4.23. The van der Waals surface area contributed by atoms with Crippen molar-refractivity contribution in [2.75, 3.05) is 26.3 Å². The average Bonchev–Trinajstić information content (AvgIpc) is 3.37. The van der Waals surface area contributed by atoms with Gasteiger partial charge >= 0.3 is 0 Å². The minimum absolute atomic E-state index is 0.0135. The Labute approximate surface area is 158 Å². The van der Waals surface area contributed by atoms with Crippen molar-refractivity contribution in [1.29, 1.82) is 0 Å². The van der Waals surface area contributed by atoms with Gasteiger partial charge in [-0.2, -0.15) is 0 Å². The van der Waals surface area contributed by atoms with E-state index in [1.807, 2.05) is 23.2 Å². The molecule has 2 saturated heterocycles. The van der Waals surface area contributed by atoms with Crippen molar-refractivity contribution in [2.45, 2.75) is 37.9 Å². The van der Waals surface area contributed by atoms with Gasteiger partial charge in [0.15, 0.2) is 0 Å². The van der Waals surface area contributed by atoms with Crippen LogP contribution in [0.1, 0.15) is 41.6 Å². The largest absolute Gasteiger partial charge is 0.377 e. The van der Waals surface area contributed by atoms with Gasteiger partial charge in [-0.25, -0.2) is 0 Å². The van der Waals surface area contributed by atoms with Crippen molar-refractivity contribution in [3.05, 3.63) is 48.1 Å². The molecule has 2 fully saturated rings. The number of hydrogen-bond acceptors (Lipinski definition) is 6. The predicted molar refractivity (Wildman–Crippen MR) is 96.9 cm³/mol. The molecule has 0 bridgehead atoms. The van der Waals surface area contributed by atoms with E-state index in [2.05, 4.69) is 10.1 Å². The van der Waals surface area contributed by atoms with Crippen LogP contribution in [0.3, 0.4) is 0 Å². The second kappa shape index (κ2) is 8.19. The zero-order valence-electron chi connectivity index (χ0n) is 15.4. The molecular weight excluding hydrogens is 346 g/mol. The Morgan fingerprint density at radius 1 is 1.33 bits per heavy atom. The number of piperidine rings is 1. The second-order valence-electron chi connectivity index (χ2n) is 7.31. The fraction of sp³-hybridized carbons (Fsp3) is 0.550. The lowest BCUT2D eigenvalue weighted by Crippen LogP contribution is -2.49. The van der Waals surface area contributed by atoms with Crippen LogP contribution in [0.4, 0.5) is 0 Å². The average molecular weight is 371 g/mol. The summed E-state index contributed by atoms with van der Waals surface area (Å²) in [5.74, 6) is 0.472. The number of rotatable bonds is 6. The molecule has 1 amide bonds. The van der Waals surface area contributed by atoms with Crippen molar-refractivity contribution in [3.8, 4) is 0 Å². The van der Waals surface area contributed by atoms with E-state index < -0.39 is 0 Å². The highest BCUT2D eigenvalue weighted by Gasteiger charge is 2.46. The first kappa shape index (κ1) is 18.1. The lowest BCUT2D eigenvalue weighted by molar-refractivity contribution is -0.0675. The molecular formula is C20H25N3O4. The lowest BCUT2D eigenvalue weighted by atomic mass is 9.78. The molecule has 7 nitrogen and oxygen atoms in total. The van der Waals surface area contributed by atoms with Crippen LogP contribution in [-0.2, 0) is 16.1 Å². The minimum atomic E-state index is -0.108. The first-order valence-electron chi connectivity index (χ1n) is 9.56. The molecule has 0 unspecified atom stereocenters. The Morgan fingerprint density at radius 2 is 2.22 bits per heavy atom. The highest BCUT2D eigenvalue weighted by molar-refractivity contribution is 5.93. The number of nitrogens with zero attached hydrogens (tertiary/aromatic N) is 3. The van der Waals surface area contributed by atoms with Crippen LogP contribution < -0.4 is 0 Å². The molecule has 144 valence electrons. The molecule has 1 atom stereocenters. The first-order valence-corrected chi connectivity index (χ1v) is 9.56. The summed E-state index contributed by atoms with van der Waals surface area (Å²) in [5.41, 5.74) is 1.50. The number of aromatic nitrogens is 2. The molecule has 2 aromatic heterocycles. The van der Waals surface area contributed by atoms with Crippen LogP contribution in [0.5, 0.6) is 0 Å². The normalized spacial score (nSPS) is 21.6. The smallest absolute Gasteiger partial charge is 0.258 e. The number of pyridine rings is 1. The van der Waals surface area contributed by atoms with Crippen molar-refractivity contribution in [2.24, 2.45) is 5.92 Å². The van der Waals surface area contributed by atoms with E-state index in [4.69, 9.17) is 14.0 Å². The Morgan fingerprint density at radius 3 is 2.96 bits per heavy atom. The van der Waals surface area contributed by atoms with E-state index >= 15 is 0 Å². The summed E-state index contributed by atoms with van der Waals surface area (Å²) in [5, 5.41) is 3.62. The number of amides is 1. The molecule has 2 aromatic rings. The number of carbonyl (C=O) groups is 1. The highest BCUT2D eigenvalue weighted by atomic mass is 16.5. The number of likely N-dealkylation sites (tertiary alicyclic amines) is 1. The van der Waals surface area contributed by atoms with Crippen LogP contribution in [0, 0.1) is 5.92 Å². The molecule has 7 heteroatoms. The molecule has 0 aromatic carbocycles. The minimum Gasteiger partial charge on any atom is -0.377 e. The maximum Gasteiger partial charge on any atom is 0.258 e. The van der Waals surface area contributed by atoms with Crippen molar-refractivity contribution in [3.63, 3.8) is 0 Å². The van der Waals surface area contributed by atoms with Crippen LogP contribution in [0.2, 0.25) is 0 Å². The van der Waals surface area contributed by atoms with E-state index in [-0.39, 0.29) is 11.5 Å². The van der Waals surface area contributed by atoms with Crippen molar-refractivity contribution in [1.82, 2.24) is 15.0 Å². The molecule has 2 aliphatic rings. The molecule has 0 N–H and O–H groups in total. The van der Waals surface area contributed by atoms with Gasteiger partial charge in [-0.05, 0) is 43.2 Å².